The third-order valence-corrected chi connectivity index (χ3v) is 8.73. The Kier molecular flexibility index (Phi) is 3.18. The van der Waals surface area contributed by atoms with Crippen LogP contribution in [0.5, 0.6) is 0 Å². The summed E-state index contributed by atoms with van der Waals surface area (Å²) in [6.45, 7) is 6.89. The Labute approximate surface area is 135 Å². The molecule has 0 amide bonds. The molecule has 124 valence electrons. The second-order valence-corrected chi connectivity index (χ2v) is 9.45. The highest BCUT2D eigenvalue weighted by Gasteiger charge is 2.62. The van der Waals surface area contributed by atoms with Crippen molar-refractivity contribution in [1.29, 1.82) is 0 Å². The Morgan fingerprint density at radius 1 is 0.955 bits per heavy atom. The molecule has 0 aromatic carbocycles. The molecule has 4 aliphatic rings. The van der Waals surface area contributed by atoms with E-state index in [2.05, 4.69) is 32.9 Å². The van der Waals surface area contributed by atoms with Gasteiger partial charge in [0.25, 0.3) is 0 Å². The van der Waals surface area contributed by atoms with E-state index in [0.717, 1.165) is 24.7 Å². The molecule has 3 saturated carbocycles. The minimum absolute atomic E-state index is 0.120. The Morgan fingerprint density at radius 3 is 2.45 bits per heavy atom. The van der Waals surface area contributed by atoms with Crippen molar-refractivity contribution in [2.24, 2.45) is 34.5 Å². The van der Waals surface area contributed by atoms with Gasteiger partial charge < -0.3 is 10.2 Å². The fourth-order valence-electron chi connectivity index (χ4n) is 7.03. The summed E-state index contributed by atoms with van der Waals surface area (Å²) in [5, 5.41) is 20.9. The zero-order valence-electron chi connectivity index (χ0n) is 14.4. The van der Waals surface area contributed by atoms with Crippen LogP contribution in [0, 0.1) is 34.5 Å². The van der Waals surface area contributed by atoms with Gasteiger partial charge in [0, 0.05) is 0 Å². The van der Waals surface area contributed by atoms with Crippen molar-refractivity contribution in [1.82, 2.24) is 0 Å². The average Bonchev–Trinajstić information content (AvgIpc) is 2.70. The smallest absolute Gasteiger partial charge is 0.0724 e. The fourth-order valence-corrected chi connectivity index (χ4v) is 7.03. The van der Waals surface area contributed by atoms with Crippen molar-refractivity contribution in [3.63, 3.8) is 0 Å². The Morgan fingerprint density at radius 2 is 1.68 bits per heavy atom. The van der Waals surface area contributed by atoms with Crippen LogP contribution in [0.4, 0.5) is 0 Å². The van der Waals surface area contributed by atoms with E-state index in [1.165, 1.54) is 32.1 Å². The lowest BCUT2D eigenvalue weighted by atomic mass is 9.45. The first-order valence-corrected chi connectivity index (χ1v) is 9.38. The van der Waals surface area contributed by atoms with Gasteiger partial charge >= 0.3 is 0 Å². The van der Waals surface area contributed by atoms with Gasteiger partial charge in [-0.15, -0.1) is 0 Å². The van der Waals surface area contributed by atoms with Gasteiger partial charge in [-0.05, 0) is 86.4 Å². The molecule has 5 unspecified atom stereocenters. The third-order valence-electron chi connectivity index (χ3n) is 8.73. The number of rotatable bonds is 0. The summed E-state index contributed by atoms with van der Waals surface area (Å²) in [5.41, 5.74) is -0.0772. The van der Waals surface area contributed by atoms with Gasteiger partial charge in [0.1, 0.15) is 0 Å². The van der Waals surface area contributed by atoms with Crippen molar-refractivity contribution in [2.45, 2.75) is 77.4 Å². The average molecular weight is 304 g/mol. The summed E-state index contributed by atoms with van der Waals surface area (Å²) in [6.07, 6.45) is 12.3. The van der Waals surface area contributed by atoms with Crippen LogP contribution in [0.1, 0.15) is 65.7 Å². The van der Waals surface area contributed by atoms with Gasteiger partial charge in [0.2, 0.25) is 0 Å². The second-order valence-electron chi connectivity index (χ2n) is 9.45. The molecule has 22 heavy (non-hydrogen) atoms. The number of hydrogen-bond acceptors (Lipinski definition) is 2. The van der Waals surface area contributed by atoms with Crippen molar-refractivity contribution in [3.8, 4) is 0 Å². The highest BCUT2D eigenvalue weighted by molar-refractivity contribution is 5.18. The normalized spacial score (nSPS) is 60.5. The molecule has 8 atom stereocenters. The lowest BCUT2D eigenvalue weighted by Gasteiger charge is -2.60. The Hall–Kier alpha value is -0.340. The first-order chi connectivity index (χ1) is 10.3. The Bertz CT molecular complexity index is 496. The molecule has 3 fully saturated rings. The molecule has 2 N–H and O–H groups in total. The largest absolute Gasteiger partial charge is 0.390 e. The van der Waals surface area contributed by atoms with Crippen LogP contribution < -0.4 is 0 Å². The van der Waals surface area contributed by atoms with Crippen molar-refractivity contribution in [3.05, 3.63) is 12.2 Å². The van der Waals surface area contributed by atoms with E-state index in [0.29, 0.717) is 11.8 Å². The van der Waals surface area contributed by atoms with Gasteiger partial charge in [-0.25, -0.2) is 0 Å². The Balaban J connectivity index is 1.68. The van der Waals surface area contributed by atoms with Crippen molar-refractivity contribution < 1.29 is 10.2 Å². The van der Waals surface area contributed by atoms with Crippen LogP contribution in [-0.2, 0) is 0 Å². The number of fused-ring (bicyclic) bond motifs is 5. The molecular formula is C20H32O2. The summed E-state index contributed by atoms with van der Waals surface area (Å²) in [6, 6.07) is 0. The fraction of sp³-hybridized carbons (Fsp3) is 0.900. The number of hydrogen-bond donors (Lipinski definition) is 2. The molecule has 2 heteroatoms. The van der Waals surface area contributed by atoms with E-state index in [-0.39, 0.29) is 16.9 Å². The molecule has 0 aromatic heterocycles. The van der Waals surface area contributed by atoms with Crippen LogP contribution in [0.2, 0.25) is 0 Å². The maximum atomic E-state index is 10.9. The summed E-state index contributed by atoms with van der Waals surface area (Å²) >= 11 is 0. The SMILES string of the molecule is C[C@]12C=CC(O)CC1CCC1C2CC[C@@]2(C)C1CC[C@]2(C)O. The summed E-state index contributed by atoms with van der Waals surface area (Å²) in [4.78, 5) is 0. The molecule has 0 heterocycles. The molecular weight excluding hydrogens is 272 g/mol. The van der Waals surface area contributed by atoms with Gasteiger partial charge in [-0.3, -0.25) is 0 Å². The summed E-state index contributed by atoms with van der Waals surface area (Å²) in [7, 11) is 0. The van der Waals surface area contributed by atoms with Crippen LogP contribution in [0.25, 0.3) is 0 Å². The van der Waals surface area contributed by atoms with E-state index < -0.39 is 5.60 Å². The van der Waals surface area contributed by atoms with Gasteiger partial charge in [0.15, 0.2) is 0 Å². The lowest BCUT2D eigenvalue weighted by molar-refractivity contribution is -0.131. The molecule has 4 rings (SSSR count). The molecule has 2 nitrogen and oxygen atoms in total. The predicted molar refractivity (Wildman–Crippen MR) is 88.3 cm³/mol. The minimum atomic E-state index is -0.473. The number of aliphatic hydroxyl groups excluding tert-OH is 1. The standard InChI is InChI=1S/C20H32O2/c1-18-9-6-14(21)12-13(18)4-5-15-16(18)7-10-19(2)17(15)8-11-20(19,3)22/h6,9,13-17,21-22H,4-5,7-8,10-12H2,1-3H3/t13?,14?,15?,16?,17?,18-,19-,20-/m0/s1. The molecule has 0 bridgehead atoms. The molecule has 0 spiro atoms. The summed E-state index contributed by atoms with van der Waals surface area (Å²) in [5.74, 6) is 2.87. The van der Waals surface area contributed by atoms with Crippen LogP contribution in [-0.4, -0.2) is 21.9 Å². The lowest BCUT2D eigenvalue weighted by Crippen LogP contribution is -2.55. The first kappa shape index (κ1) is 15.2. The molecule has 4 aliphatic carbocycles. The number of allylic oxidation sites excluding steroid dienone is 1. The van der Waals surface area contributed by atoms with E-state index >= 15 is 0 Å². The molecule has 0 aliphatic heterocycles. The summed E-state index contributed by atoms with van der Waals surface area (Å²) < 4.78 is 0. The highest BCUT2D eigenvalue weighted by Crippen LogP contribution is 2.67. The molecule has 0 saturated heterocycles. The van der Waals surface area contributed by atoms with Crippen LogP contribution >= 0.6 is 0 Å². The van der Waals surface area contributed by atoms with Crippen molar-refractivity contribution >= 4 is 0 Å². The van der Waals surface area contributed by atoms with Crippen LogP contribution in [0.15, 0.2) is 12.2 Å². The van der Waals surface area contributed by atoms with Crippen molar-refractivity contribution in [2.75, 3.05) is 0 Å². The second kappa shape index (κ2) is 4.60. The molecule has 0 aromatic rings. The quantitative estimate of drug-likeness (QED) is 0.666. The van der Waals surface area contributed by atoms with E-state index in [9.17, 15) is 10.2 Å². The minimum Gasteiger partial charge on any atom is -0.390 e. The van der Waals surface area contributed by atoms with Gasteiger partial charge in [-0.2, -0.15) is 0 Å². The zero-order chi connectivity index (χ0) is 15.8. The number of aliphatic hydroxyl groups is 2. The molecule has 0 radical (unpaired) electrons. The maximum absolute atomic E-state index is 10.9. The van der Waals surface area contributed by atoms with Gasteiger partial charge in [-0.1, -0.05) is 26.0 Å². The zero-order valence-corrected chi connectivity index (χ0v) is 14.4. The monoisotopic (exact) mass is 304 g/mol. The maximum Gasteiger partial charge on any atom is 0.0724 e. The first-order valence-electron chi connectivity index (χ1n) is 9.38. The van der Waals surface area contributed by atoms with Gasteiger partial charge in [0.05, 0.1) is 11.7 Å². The topological polar surface area (TPSA) is 40.5 Å². The predicted octanol–water partition coefficient (Wildman–Crippen LogP) is 3.92. The highest BCUT2D eigenvalue weighted by atomic mass is 16.3. The van der Waals surface area contributed by atoms with E-state index in [1.807, 2.05) is 0 Å². The van der Waals surface area contributed by atoms with E-state index in [4.69, 9.17) is 0 Å². The third kappa shape index (κ3) is 1.80. The van der Waals surface area contributed by atoms with Crippen LogP contribution in [0.3, 0.4) is 0 Å². The van der Waals surface area contributed by atoms with E-state index in [1.54, 1.807) is 0 Å².